The lowest BCUT2D eigenvalue weighted by molar-refractivity contribution is -0.137. The van der Waals surface area contributed by atoms with Crippen LogP contribution in [0.5, 0.6) is 0 Å². The summed E-state index contributed by atoms with van der Waals surface area (Å²) in [6.07, 6.45) is -4.54. The minimum Gasteiger partial charge on any atom is -0.207 e. The van der Waals surface area contributed by atoms with Crippen molar-refractivity contribution in [2.45, 2.75) is 6.18 Å². The maximum absolute atomic E-state index is 13.0. The van der Waals surface area contributed by atoms with Gasteiger partial charge >= 0.3 is 6.18 Å². The van der Waals surface area contributed by atoms with Gasteiger partial charge in [-0.15, -0.1) is 0 Å². The van der Waals surface area contributed by atoms with E-state index in [1.54, 1.807) is 0 Å². The maximum Gasteiger partial charge on any atom is 0.417 e. The van der Waals surface area contributed by atoms with Gasteiger partial charge in [0.15, 0.2) is 0 Å². The molecule has 2 rings (SSSR count). The Morgan fingerprint density at radius 3 is 2.00 bits per heavy atom. The zero-order chi connectivity index (χ0) is 13.3. The zero-order valence-electron chi connectivity index (χ0n) is 8.85. The van der Waals surface area contributed by atoms with Crippen molar-refractivity contribution in [2.24, 2.45) is 0 Å². The maximum atomic E-state index is 13.0. The van der Waals surface area contributed by atoms with Gasteiger partial charge in [-0.3, -0.25) is 0 Å². The highest BCUT2D eigenvalue weighted by molar-refractivity contribution is 5.64. The highest BCUT2D eigenvalue weighted by Crippen LogP contribution is 2.32. The first kappa shape index (κ1) is 12.5. The van der Waals surface area contributed by atoms with Gasteiger partial charge in [-0.1, -0.05) is 12.1 Å². The van der Waals surface area contributed by atoms with Crippen molar-refractivity contribution in [1.82, 2.24) is 0 Å². The fourth-order valence-corrected chi connectivity index (χ4v) is 1.53. The summed E-state index contributed by atoms with van der Waals surface area (Å²) < 4.78 is 63.3. The molecule has 0 atom stereocenters. The lowest BCUT2D eigenvalue weighted by atomic mass is 10.0. The van der Waals surface area contributed by atoms with Gasteiger partial charge in [-0.2, -0.15) is 13.2 Å². The molecule has 0 spiro atoms. The Morgan fingerprint density at radius 1 is 0.833 bits per heavy atom. The van der Waals surface area contributed by atoms with Crippen molar-refractivity contribution in [3.05, 3.63) is 59.7 Å². The average Bonchev–Trinajstić information content (AvgIpc) is 2.27. The molecule has 93 valence electrons. The number of alkyl halides is 3. The quantitative estimate of drug-likeness (QED) is 0.662. The summed E-state index contributed by atoms with van der Waals surface area (Å²) in [6.45, 7) is 0. The highest BCUT2D eigenvalue weighted by atomic mass is 19.4. The summed E-state index contributed by atoms with van der Waals surface area (Å²) in [5, 5.41) is 0. The SMILES string of the molecule is Fc1cc(F)cc(-c2cc[c]c(C(F)(F)F)c2)c1. The number of halogens is 5. The van der Waals surface area contributed by atoms with E-state index in [1.807, 2.05) is 6.07 Å². The van der Waals surface area contributed by atoms with Gasteiger partial charge in [0.25, 0.3) is 0 Å². The molecule has 0 amide bonds. The molecule has 0 aromatic heterocycles. The lowest BCUT2D eigenvalue weighted by Crippen LogP contribution is -2.04. The molecule has 1 radical (unpaired) electrons. The zero-order valence-corrected chi connectivity index (χ0v) is 8.85. The van der Waals surface area contributed by atoms with Crippen molar-refractivity contribution >= 4 is 0 Å². The first-order valence-corrected chi connectivity index (χ1v) is 4.91. The summed E-state index contributed by atoms with van der Waals surface area (Å²) in [5.74, 6) is -1.68. The van der Waals surface area contributed by atoms with Crippen molar-refractivity contribution in [3.8, 4) is 11.1 Å². The lowest BCUT2D eigenvalue weighted by Gasteiger charge is -2.08. The second-order valence-corrected chi connectivity index (χ2v) is 3.65. The molecule has 0 bridgehead atoms. The van der Waals surface area contributed by atoms with E-state index in [9.17, 15) is 22.0 Å². The molecule has 0 fully saturated rings. The standard InChI is InChI=1S/C13H6F5/c14-11-5-9(6-12(15)7-11)8-2-1-3-10(4-8)13(16,17)18/h1-2,4-7H. The fraction of sp³-hybridized carbons (Fsp3) is 0.0769. The molecule has 18 heavy (non-hydrogen) atoms. The van der Waals surface area contributed by atoms with Crippen LogP contribution in [0.25, 0.3) is 11.1 Å². The van der Waals surface area contributed by atoms with Crippen LogP contribution < -0.4 is 0 Å². The van der Waals surface area contributed by atoms with Gasteiger partial charge in [0.1, 0.15) is 11.6 Å². The number of benzene rings is 2. The van der Waals surface area contributed by atoms with Crippen molar-refractivity contribution in [1.29, 1.82) is 0 Å². The molecule has 0 aliphatic rings. The Bertz CT molecular complexity index is 552. The molecule has 0 unspecified atom stereocenters. The van der Waals surface area contributed by atoms with Crippen LogP contribution in [0.3, 0.4) is 0 Å². The first-order chi connectivity index (χ1) is 8.36. The van der Waals surface area contributed by atoms with Crippen LogP contribution in [-0.4, -0.2) is 0 Å². The van der Waals surface area contributed by atoms with Crippen LogP contribution in [0.1, 0.15) is 5.56 Å². The third-order valence-corrected chi connectivity index (χ3v) is 2.30. The molecule has 0 heterocycles. The summed E-state index contributed by atoms with van der Waals surface area (Å²) >= 11 is 0. The second-order valence-electron chi connectivity index (χ2n) is 3.65. The van der Waals surface area contributed by atoms with Gasteiger partial charge < -0.3 is 0 Å². The Kier molecular flexibility index (Phi) is 3.07. The van der Waals surface area contributed by atoms with Crippen LogP contribution in [0.2, 0.25) is 0 Å². The largest absolute Gasteiger partial charge is 0.417 e. The predicted molar refractivity (Wildman–Crippen MR) is 55.6 cm³/mol. The van der Waals surface area contributed by atoms with Crippen LogP contribution >= 0.6 is 0 Å². The molecule has 0 aliphatic heterocycles. The summed E-state index contributed by atoms with van der Waals surface area (Å²) in [6, 6.07) is 7.81. The minimum absolute atomic E-state index is 0.0481. The minimum atomic E-state index is -4.54. The molecule has 0 saturated heterocycles. The molecule has 2 aromatic rings. The molecule has 5 heteroatoms. The van der Waals surface area contributed by atoms with Crippen LogP contribution in [0.4, 0.5) is 22.0 Å². The Balaban J connectivity index is 2.51. The smallest absolute Gasteiger partial charge is 0.207 e. The third kappa shape index (κ3) is 2.67. The van der Waals surface area contributed by atoms with E-state index in [2.05, 4.69) is 0 Å². The fourth-order valence-electron chi connectivity index (χ4n) is 1.53. The number of rotatable bonds is 1. The molecular weight excluding hydrogens is 251 g/mol. The number of hydrogen-bond acceptors (Lipinski definition) is 0. The van der Waals surface area contributed by atoms with Crippen LogP contribution in [-0.2, 0) is 6.18 Å². The van der Waals surface area contributed by atoms with Gasteiger partial charge in [0.2, 0.25) is 0 Å². The van der Waals surface area contributed by atoms with E-state index in [0.29, 0.717) is 6.07 Å². The molecule has 0 nitrogen and oxygen atoms in total. The number of hydrogen-bond donors (Lipinski definition) is 0. The van der Waals surface area contributed by atoms with Crippen LogP contribution in [0, 0.1) is 17.7 Å². The summed E-state index contributed by atoms with van der Waals surface area (Å²) in [4.78, 5) is 0. The van der Waals surface area contributed by atoms with E-state index in [0.717, 1.165) is 24.3 Å². The normalized spacial score (nSPS) is 11.6. The second kappa shape index (κ2) is 4.40. The van der Waals surface area contributed by atoms with E-state index >= 15 is 0 Å². The van der Waals surface area contributed by atoms with Gasteiger partial charge in [-0.25, -0.2) is 8.78 Å². The first-order valence-electron chi connectivity index (χ1n) is 4.91. The van der Waals surface area contributed by atoms with Gasteiger partial charge in [0, 0.05) is 6.07 Å². The molecule has 2 aromatic carbocycles. The van der Waals surface area contributed by atoms with E-state index < -0.39 is 23.4 Å². The Morgan fingerprint density at radius 2 is 1.44 bits per heavy atom. The van der Waals surface area contributed by atoms with Gasteiger partial charge in [0.05, 0.1) is 5.56 Å². The Hall–Kier alpha value is -1.91. The third-order valence-electron chi connectivity index (χ3n) is 2.30. The van der Waals surface area contributed by atoms with E-state index in [1.165, 1.54) is 6.07 Å². The average molecular weight is 257 g/mol. The van der Waals surface area contributed by atoms with Crippen molar-refractivity contribution < 1.29 is 22.0 Å². The molecule has 0 aliphatic carbocycles. The van der Waals surface area contributed by atoms with Crippen molar-refractivity contribution in [2.75, 3.05) is 0 Å². The Labute approximate surface area is 99.7 Å². The highest BCUT2D eigenvalue weighted by Gasteiger charge is 2.30. The van der Waals surface area contributed by atoms with Crippen LogP contribution in [0.15, 0.2) is 36.4 Å². The van der Waals surface area contributed by atoms with Crippen molar-refractivity contribution in [3.63, 3.8) is 0 Å². The van der Waals surface area contributed by atoms with E-state index in [-0.39, 0.29) is 11.1 Å². The molecular formula is C13H6F5. The predicted octanol–water partition coefficient (Wildman–Crippen LogP) is 4.45. The topological polar surface area (TPSA) is 0 Å². The monoisotopic (exact) mass is 257 g/mol. The van der Waals surface area contributed by atoms with Gasteiger partial charge in [-0.05, 0) is 35.4 Å². The molecule has 0 saturated carbocycles. The molecule has 0 N–H and O–H groups in total. The summed E-state index contributed by atoms with van der Waals surface area (Å²) in [5.41, 5.74) is -0.851. The summed E-state index contributed by atoms with van der Waals surface area (Å²) in [7, 11) is 0. The van der Waals surface area contributed by atoms with E-state index in [4.69, 9.17) is 0 Å².